The van der Waals surface area contributed by atoms with E-state index >= 15 is 0 Å². The summed E-state index contributed by atoms with van der Waals surface area (Å²) in [5, 5.41) is 28.5. The van der Waals surface area contributed by atoms with Crippen LogP contribution in [0.4, 0.5) is 11.4 Å². The summed E-state index contributed by atoms with van der Waals surface area (Å²) in [5.41, 5.74) is -0.720. The first-order valence-corrected chi connectivity index (χ1v) is 8.02. The molecule has 1 heterocycles. The van der Waals surface area contributed by atoms with Crippen molar-refractivity contribution >= 4 is 28.9 Å². The first kappa shape index (κ1) is 18.9. The van der Waals surface area contributed by atoms with Gasteiger partial charge in [-0.3, -0.25) is 25.0 Å². The molecule has 1 N–H and O–H groups in total. The molecule has 0 atom stereocenters. The fourth-order valence-corrected chi connectivity index (χ4v) is 2.36. The van der Waals surface area contributed by atoms with Gasteiger partial charge in [-0.25, -0.2) is 0 Å². The maximum atomic E-state index is 12.2. The molecule has 11 nitrogen and oxygen atoms in total. The quantitative estimate of drug-likeness (QED) is 0.486. The Labute approximate surface area is 161 Å². The number of nitrogens with zero attached hydrogens (tertiary/aromatic N) is 4. The van der Waals surface area contributed by atoms with Crippen molar-refractivity contribution in [3.05, 3.63) is 79.2 Å². The molecule has 0 fully saturated rings. The molecule has 12 heteroatoms. The SMILES string of the molecule is O=C(NCc1nc(-c2ccc(Cl)cc2)no1)c1cc([N+](=O)[O-])cc([N+](=O)[O-])c1. The van der Waals surface area contributed by atoms with Gasteiger partial charge >= 0.3 is 0 Å². The van der Waals surface area contributed by atoms with E-state index in [2.05, 4.69) is 15.5 Å². The van der Waals surface area contributed by atoms with Crippen LogP contribution in [0.3, 0.4) is 0 Å². The van der Waals surface area contributed by atoms with E-state index in [9.17, 15) is 25.0 Å². The molecule has 142 valence electrons. The number of benzene rings is 2. The lowest BCUT2D eigenvalue weighted by Crippen LogP contribution is -2.23. The summed E-state index contributed by atoms with van der Waals surface area (Å²) in [5.74, 6) is -0.400. The molecule has 0 radical (unpaired) electrons. The molecule has 2 aromatic carbocycles. The Morgan fingerprint density at radius 3 is 2.25 bits per heavy atom. The number of nitrogens with one attached hydrogen (secondary N) is 1. The zero-order valence-electron chi connectivity index (χ0n) is 13.9. The molecule has 0 saturated heterocycles. The Kier molecular flexibility index (Phi) is 5.27. The van der Waals surface area contributed by atoms with E-state index in [0.717, 1.165) is 18.2 Å². The zero-order valence-corrected chi connectivity index (χ0v) is 14.6. The number of aromatic nitrogens is 2. The Bertz CT molecular complexity index is 1030. The molecule has 0 aliphatic rings. The fraction of sp³-hybridized carbons (Fsp3) is 0.0625. The van der Waals surface area contributed by atoms with Crippen molar-refractivity contribution in [2.75, 3.05) is 0 Å². The molecule has 28 heavy (non-hydrogen) atoms. The van der Waals surface area contributed by atoms with E-state index < -0.39 is 27.1 Å². The maximum Gasteiger partial charge on any atom is 0.277 e. The van der Waals surface area contributed by atoms with Crippen LogP contribution in [0.2, 0.25) is 5.02 Å². The van der Waals surface area contributed by atoms with Gasteiger partial charge in [-0.2, -0.15) is 4.98 Å². The highest BCUT2D eigenvalue weighted by Crippen LogP contribution is 2.23. The molecule has 3 rings (SSSR count). The molecule has 0 aliphatic carbocycles. The van der Waals surface area contributed by atoms with Crippen molar-refractivity contribution in [3.63, 3.8) is 0 Å². The van der Waals surface area contributed by atoms with E-state index in [1.165, 1.54) is 0 Å². The number of nitro benzene ring substituents is 2. The summed E-state index contributed by atoms with van der Waals surface area (Å²) in [6.45, 7) is -0.171. The average molecular weight is 404 g/mol. The minimum Gasteiger partial charge on any atom is -0.343 e. The number of nitro groups is 2. The van der Waals surface area contributed by atoms with Gasteiger partial charge in [-0.05, 0) is 24.3 Å². The molecule has 0 unspecified atom stereocenters. The van der Waals surface area contributed by atoms with Crippen molar-refractivity contribution in [3.8, 4) is 11.4 Å². The van der Waals surface area contributed by atoms with E-state index in [4.69, 9.17) is 16.1 Å². The van der Waals surface area contributed by atoms with Crippen LogP contribution in [0.1, 0.15) is 16.2 Å². The summed E-state index contributed by atoms with van der Waals surface area (Å²) in [7, 11) is 0. The van der Waals surface area contributed by atoms with E-state index in [0.29, 0.717) is 10.6 Å². The number of amides is 1. The molecule has 3 aromatic rings. The highest BCUT2D eigenvalue weighted by Gasteiger charge is 2.20. The van der Waals surface area contributed by atoms with Crippen LogP contribution in [0, 0.1) is 20.2 Å². The normalized spacial score (nSPS) is 10.5. The lowest BCUT2D eigenvalue weighted by Gasteiger charge is -2.03. The topological polar surface area (TPSA) is 154 Å². The van der Waals surface area contributed by atoms with Gasteiger partial charge in [0, 0.05) is 22.7 Å². The predicted octanol–water partition coefficient (Wildman–Crippen LogP) is 3.14. The highest BCUT2D eigenvalue weighted by molar-refractivity contribution is 6.30. The van der Waals surface area contributed by atoms with Crippen LogP contribution in [-0.2, 0) is 6.54 Å². The van der Waals surface area contributed by atoms with Crippen LogP contribution in [-0.4, -0.2) is 25.9 Å². The average Bonchev–Trinajstić information content (AvgIpc) is 3.15. The van der Waals surface area contributed by atoms with Gasteiger partial charge in [0.05, 0.1) is 28.0 Å². The number of halogens is 1. The maximum absolute atomic E-state index is 12.2. The van der Waals surface area contributed by atoms with Gasteiger partial charge in [0.25, 0.3) is 17.3 Å². The Balaban J connectivity index is 1.73. The second-order valence-electron chi connectivity index (χ2n) is 5.45. The lowest BCUT2D eigenvalue weighted by molar-refractivity contribution is -0.394. The first-order chi connectivity index (χ1) is 13.3. The third kappa shape index (κ3) is 4.27. The molecule has 0 spiro atoms. The molecular weight excluding hydrogens is 394 g/mol. The Hall–Kier alpha value is -3.86. The second-order valence-corrected chi connectivity index (χ2v) is 5.89. The van der Waals surface area contributed by atoms with Crippen molar-refractivity contribution in [1.82, 2.24) is 15.5 Å². The standard InChI is InChI=1S/C16H10ClN5O6/c17-11-3-1-9(2-4-11)15-19-14(28-20-15)8-18-16(23)10-5-12(21(24)25)7-13(6-10)22(26)27/h1-7H,8H2,(H,18,23). The van der Waals surface area contributed by atoms with Gasteiger partial charge in [-0.15, -0.1) is 0 Å². The smallest absolute Gasteiger partial charge is 0.277 e. The molecule has 0 aliphatic heterocycles. The van der Waals surface area contributed by atoms with Crippen molar-refractivity contribution in [2.24, 2.45) is 0 Å². The van der Waals surface area contributed by atoms with E-state index in [-0.39, 0.29) is 23.8 Å². The minimum atomic E-state index is -0.819. The Morgan fingerprint density at radius 2 is 1.68 bits per heavy atom. The monoisotopic (exact) mass is 403 g/mol. The Morgan fingerprint density at radius 1 is 1.07 bits per heavy atom. The van der Waals surface area contributed by atoms with Crippen molar-refractivity contribution < 1.29 is 19.2 Å². The van der Waals surface area contributed by atoms with Crippen molar-refractivity contribution in [1.29, 1.82) is 0 Å². The van der Waals surface area contributed by atoms with Crippen molar-refractivity contribution in [2.45, 2.75) is 6.54 Å². The zero-order chi connectivity index (χ0) is 20.3. The number of hydrogen-bond acceptors (Lipinski definition) is 8. The minimum absolute atomic E-state index is 0.0817. The first-order valence-electron chi connectivity index (χ1n) is 7.64. The third-order valence-corrected chi connectivity index (χ3v) is 3.81. The summed E-state index contributed by atoms with van der Waals surface area (Å²) in [6, 6.07) is 9.35. The van der Waals surface area contributed by atoms with Gasteiger partial charge in [-0.1, -0.05) is 16.8 Å². The van der Waals surface area contributed by atoms with Crippen LogP contribution in [0.15, 0.2) is 47.0 Å². The second kappa shape index (κ2) is 7.80. The van der Waals surface area contributed by atoms with Crippen LogP contribution >= 0.6 is 11.6 Å². The van der Waals surface area contributed by atoms with Crippen LogP contribution in [0.25, 0.3) is 11.4 Å². The predicted molar refractivity (Wildman–Crippen MR) is 95.7 cm³/mol. The summed E-state index contributed by atoms with van der Waals surface area (Å²) >= 11 is 5.81. The molecule has 1 aromatic heterocycles. The number of carbonyl (C=O) groups is 1. The van der Waals surface area contributed by atoms with Gasteiger partial charge in [0.15, 0.2) is 0 Å². The number of carbonyl (C=O) groups excluding carboxylic acids is 1. The summed E-state index contributed by atoms with van der Waals surface area (Å²) in [4.78, 5) is 36.5. The number of non-ortho nitro benzene ring substituents is 2. The molecule has 0 bridgehead atoms. The summed E-state index contributed by atoms with van der Waals surface area (Å²) in [6.07, 6.45) is 0. The van der Waals surface area contributed by atoms with Crippen LogP contribution < -0.4 is 5.32 Å². The van der Waals surface area contributed by atoms with E-state index in [1.807, 2.05) is 0 Å². The molecule has 1 amide bonds. The van der Waals surface area contributed by atoms with E-state index in [1.54, 1.807) is 24.3 Å². The van der Waals surface area contributed by atoms with Crippen LogP contribution in [0.5, 0.6) is 0 Å². The van der Waals surface area contributed by atoms with Gasteiger partial charge in [0.2, 0.25) is 11.7 Å². The third-order valence-electron chi connectivity index (χ3n) is 3.56. The van der Waals surface area contributed by atoms with Gasteiger partial charge < -0.3 is 9.84 Å². The number of rotatable bonds is 6. The summed E-state index contributed by atoms with van der Waals surface area (Å²) < 4.78 is 5.03. The lowest BCUT2D eigenvalue weighted by atomic mass is 10.1. The highest BCUT2D eigenvalue weighted by atomic mass is 35.5. The molecular formula is C16H10ClN5O6. The van der Waals surface area contributed by atoms with Gasteiger partial charge in [0.1, 0.15) is 0 Å². The number of hydrogen-bond donors (Lipinski definition) is 1. The largest absolute Gasteiger partial charge is 0.343 e. The molecule has 0 saturated carbocycles. The fourth-order valence-electron chi connectivity index (χ4n) is 2.24.